The van der Waals surface area contributed by atoms with Crippen LogP contribution in [0.25, 0.3) is 0 Å². The number of aromatic nitrogens is 2. The van der Waals surface area contributed by atoms with Gasteiger partial charge >= 0.3 is 0 Å². The van der Waals surface area contributed by atoms with Crippen LogP contribution in [0.3, 0.4) is 0 Å². The van der Waals surface area contributed by atoms with Gasteiger partial charge in [0.1, 0.15) is 5.75 Å². The summed E-state index contributed by atoms with van der Waals surface area (Å²) in [7, 11) is 1.70. The van der Waals surface area contributed by atoms with Gasteiger partial charge in [-0.25, -0.2) is 0 Å². The molecule has 0 saturated carbocycles. The van der Waals surface area contributed by atoms with E-state index in [4.69, 9.17) is 4.74 Å². The van der Waals surface area contributed by atoms with Gasteiger partial charge in [0.2, 0.25) is 0 Å². The van der Waals surface area contributed by atoms with Gasteiger partial charge < -0.3 is 10.1 Å². The van der Waals surface area contributed by atoms with Gasteiger partial charge in [-0.3, -0.25) is 4.68 Å². The molecule has 96 valence electrons. The number of hydrogen-bond acceptors (Lipinski definition) is 3. The van der Waals surface area contributed by atoms with Gasteiger partial charge in [-0.15, -0.1) is 0 Å². The lowest BCUT2D eigenvalue weighted by molar-refractivity contribution is 0.401. The van der Waals surface area contributed by atoms with Crippen LogP contribution in [0.2, 0.25) is 0 Å². The fraction of sp³-hybridized carbons (Fsp3) is 0.357. The first kappa shape index (κ1) is 12.6. The zero-order chi connectivity index (χ0) is 12.8. The highest BCUT2D eigenvalue weighted by molar-refractivity contribution is 5.32. The molecule has 1 aromatic carbocycles. The van der Waals surface area contributed by atoms with E-state index in [0.717, 1.165) is 18.8 Å². The fourth-order valence-corrected chi connectivity index (χ4v) is 1.89. The van der Waals surface area contributed by atoms with E-state index in [1.54, 1.807) is 13.3 Å². The van der Waals surface area contributed by atoms with Crippen LogP contribution in [-0.4, -0.2) is 22.9 Å². The van der Waals surface area contributed by atoms with E-state index in [1.165, 1.54) is 5.56 Å². The molecule has 0 radical (unpaired) electrons. The van der Waals surface area contributed by atoms with E-state index in [2.05, 4.69) is 23.4 Å². The smallest absolute Gasteiger partial charge is 0.123 e. The van der Waals surface area contributed by atoms with Crippen molar-refractivity contribution < 1.29 is 4.74 Å². The van der Waals surface area contributed by atoms with Gasteiger partial charge in [-0.1, -0.05) is 18.2 Å². The van der Waals surface area contributed by atoms with Crippen LogP contribution in [0.15, 0.2) is 42.7 Å². The predicted octanol–water partition coefficient (Wildman–Crippen LogP) is 2.07. The third-order valence-corrected chi connectivity index (χ3v) is 2.85. The molecule has 2 aromatic rings. The average molecular weight is 245 g/mol. The summed E-state index contributed by atoms with van der Waals surface area (Å²) in [6, 6.07) is 10.4. The van der Waals surface area contributed by atoms with Gasteiger partial charge in [0, 0.05) is 30.5 Å². The Balaban J connectivity index is 1.87. The average Bonchev–Trinajstić information content (AvgIpc) is 2.89. The Morgan fingerprint density at radius 3 is 2.89 bits per heavy atom. The summed E-state index contributed by atoms with van der Waals surface area (Å²) in [5, 5.41) is 7.67. The lowest BCUT2D eigenvalue weighted by Crippen LogP contribution is -2.30. The highest BCUT2D eigenvalue weighted by atomic mass is 16.5. The largest absolute Gasteiger partial charge is 0.496 e. The molecule has 0 aliphatic carbocycles. The Morgan fingerprint density at radius 1 is 1.33 bits per heavy atom. The summed E-state index contributed by atoms with van der Waals surface area (Å²) in [4.78, 5) is 0. The van der Waals surface area contributed by atoms with E-state index in [1.807, 2.05) is 35.1 Å². The van der Waals surface area contributed by atoms with Crippen molar-refractivity contribution in [3.63, 3.8) is 0 Å². The maximum absolute atomic E-state index is 5.33. The van der Waals surface area contributed by atoms with E-state index in [0.29, 0.717) is 6.04 Å². The molecule has 0 amide bonds. The summed E-state index contributed by atoms with van der Waals surface area (Å²) in [6.45, 7) is 3.81. The minimum Gasteiger partial charge on any atom is -0.496 e. The van der Waals surface area contributed by atoms with E-state index >= 15 is 0 Å². The number of rotatable bonds is 6. The van der Waals surface area contributed by atoms with Crippen LogP contribution in [0, 0.1) is 0 Å². The van der Waals surface area contributed by atoms with E-state index in [9.17, 15) is 0 Å². The fourth-order valence-electron chi connectivity index (χ4n) is 1.89. The maximum atomic E-state index is 5.33. The van der Waals surface area contributed by atoms with Crippen molar-refractivity contribution in [2.45, 2.75) is 26.1 Å². The molecule has 18 heavy (non-hydrogen) atoms. The second-order valence-corrected chi connectivity index (χ2v) is 4.32. The molecular formula is C14H19N3O. The minimum atomic E-state index is 0.356. The number of hydrogen-bond donors (Lipinski definition) is 1. The SMILES string of the molecule is COc1ccccc1CNC(C)Cn1cccn1. The third-order valence-electron chi connectivity index (χ3n) is 2.85. The number of ether oxygens (including phenoxy) is 1. The molecule has 0 aliphatic rings. The molecular weight excluding hydrogens is 226 g/mol. The number of nitrogens with zero attached hydrogens (tertiary/aromatic N) is 2. The molecule has 0 saturated heterocycles. The summed E-state index contributed by atoms with van der Waals surface area (Å²) in [5.74, 6) is 0.927. The van der Waals surface area contributed by atoms with Crippen molar-refractivity contribution >= 4 is 0 Å². The monoisotopic (exact) mass is 245 g/mol. The van der Waals surface area contributed by atoms with Crippen LogP contribution in [0.4, 0.5) is 0 Å². The van der Waals surface area contributed by atoms with Gasteiger partial charge in [0.15, 0.2) is 0 Å². The van der Waals surface area contributed by atoms with Crippen molar-refractivity contribution in [2.24, 2.45) is 0 Å². The first-order valence-corrected chi connectivity index (χ1v) is 6.12. The molecule has 4 nitrogen and oxygen atoms in total. The summed E-state index contributed by atoms with van der Waals surface area (Å²) in [5.41, 5.74) is 1.17. The van der Waals surface area contributed by atoms with Gasteiger partial charge in [-0.05, 0) is 19.1 Å². The zero-order valence-corrected chi connectivity index (χ0v) is 10.8. The molecule has 2 rings (SSSR count). The Kier molecular flexibility index (Phi) is 4.36. The quantitative estimate of drug-likeness (QED) is 0.846. The van der Waals surface area contributed by atoms with Crippen molar-refractivity contribution in [3.05, 3.63) is 48.3 Å². The molecule has 0 spiro atoms. The molecule has 1 N–H and O–H groups in total. The Hall–Kier alpha value is -1.81. The highest BCUT2D eigenvalue weighted by Crippen LogP contribution is 2.16. The van der Waals surface area contributed by atoms with Gasteiger partial charge in [0.05, 0.1) is 13.7 Å². The second kappa shape index (κ2) is 6.21. The number of methoxy groups -OCH3 is 1. The zero-order valence-electron chi connectivity index (χ0n) is 10.8. The normalized spacial score (nSPS) is 12.3. The Bertz CT molecular complexity index is 468. The van der Waals surface area contributed by atoms with Crippen molar-refractivity contribution in [3.8, 4) is 5.75 Å². The third kappa shape index (κ3) is 3.34. The summed E-state index contributed by atoms with van der Waals surface area (Å²) in [6.07, 6.45) is 3.77. The molecule has 0 aliphatic heterocycles. The molecule has 0 bridgehead atoms. The van der Waals surface area contributed by atoms with Crippen LogP contribution >= 0.6 is 0 Å². The van der Waals surface area contributed by atoms with Crippen molar-refractivity contribution in [2.75, 3.05) is 7.11 Å². The van der Waals surface area contributed by atoms with Crippen LogP contribution in [-0.2, 0) is 13.1 Å². The highest BCUT2D eigenvalue weighted by Gasteiger charge is 2.05. The number of nitrogens with one attached hydrogen (secondary N) is 1. The standard InChI is InChI=1S/C14H19N3O/c1-12(11-17-9-5-8-16-17)15-10-13-6-3-4-7-14(13)18-2/h3-9,12,15H,10-11H2,1-2H3. The molecule has 1 aromatic heterocycles. The topological polar surface area (TPSA) is 39.1 Å². The maximum Gasteiger partial charge on any atom is 0.123 e. The van der Waals surface area contributed by atoms with Crippen LogP contribution < -0.4 is 10.1 Å². The van der Waals surface area contributed by atoms with Gasteiger partial charge in [-0.2, -0.15) is 5.10 Å². The van der Waals surface area contributed by atoms with Gasteiger partial charge in [0.25, 0.3) is 0 Å². The molecule has 4 heteroatoms. The molecule has 1 heterocycles. The van der Waals surface area contributed by atoms with Crippen molar-refractivity contribution in [1.82, 2.24) is 15.1 Å². The lowest BCUT2D eigenvalue weighted by Gasteiger charge is -2.15. The summed E-state index contributed by atoms with van der Waals surface area (Å²) >= 11 is 0. The Morgan fingerprint density at radius 2 is 2.17 bits per heavy atom. The Labute approximate surface area is 108 Å². The molecule has 1 unspecified atom stereocenters. The van der Waals surface area contributed by atoms with Crippen molar-refractivity contribution in [1.29, 1.82) is 0 Å². The first-order valence-electron chi connectivity index (χ1n) is 6.12. The first-order chi connectivity index (χ1) is 8.79. The lowest BCUT2D eigenvalue weighted by atomic mass is 10.2. The predicted molar refractivity (Wildman–Crippen MR) is 71.5 cm³/mol. The number of benzene rings is 1. The van der Waals surface area contributed by atoms with Crippen LogP contribution in [0.1, 0.15) is 12.5 Å². The molecule has 1 atom stereocenters. The minimum absolute atomic E-state index is 0.356. The van der Waals surface area contributed by atoms with Crippen LogP contribution in [0.5, 0.6) is 5.75 Å². The van der Waals surface area contributed by atoms with E-state index in [-0.39, 0.29) is 0 Å². The number of para-hydroxylation sites is 1. The van der Waals surface area contributed by atoms with E-state index < -0.39 is 0 Å². The molecule has 0 fully saturated rings. The second-order valence-electron chi connectivity index (χ2n) is 4.32. The summed E-state index contributed by atoms with van der Waals surface area (Å²) < 4.78 is 7.26.